The van der Waals surface area contributed by atoms with Crippen LogP contribution in [0.4, 0.5) is 0 Å². The molecule has 0 bridgehead atoms. The van der Waals surface area contributed by atoms with Crippen molar-refractivity contribution in [2.45, 2.75) is 12.5 Å². The molecule has 1 aromatic rings. The van der Waals surface area contributed by atoms with Gasteiger partial charge in [-0.3, -0.25) is 4.79 Å². The zero-order valence-corrected chi connectivity index (χ0v) is 9.94. The minimum atomic E-state index is -3.08. The number of amides is 1. The van der Waals surface area contributed by atoms with Gasteiger partial charge in [0.05, 0.1) is 11.5 Å². The van der Waals surface area contributed by atoms with Gasteiger partial charge in [-0.25, -0.2) is 13.2 Å². The highest BCUT2D eigenvalue weighted by molar-refractivity contribution is 7.91. The Labute approximate surface area is 102 Å². The molecule has 0 spiro atoms. The quantitative estimate of drug-likeness (QED) is 0.745. The summed E-state index contributed by atoms with van der Waals surface area (Å²) in [5.41, 5.74) is -0.184. The van der Waals surface area contributed by atoms with Crippen LogP contribution in [0.25, 0.3) is 0 Å². The molecule has 1 saturated heterocycles. The molecule has 1 unspecified atom stereocenters. The van der Waals surface area contributed by atoms with Crippen molar-refractivity contribution in [2.24, 2.45) is 0 Å². The number of nitrogens with zero attached hydrogens (tertiary/aromatic N) is 1. The zero-order valence-electron chi connectivity index (χ0n) is 9.12. The molecule has 9 heteroatoms. The van der Waals surface area contributed by atoms with Gasteiger partial charge in [0.1, 0.15) is 0 Å². The highest BCUT2D eigenvalue weighted by Gasteiger charge is 2.30. The molecule has 1 aromatic heterocycles. The van der Waals surface area contributed by atoms with Gasteiger partial charge in [-0.2, -0.15) is 0 Å². The molecule has 0 aliphatic carbocycles. The lowest BCUT2D eigenvalue weighted by molar-refractivity contribution is 0.0651. The summed E-state index contributed by atoms with van der Waals surface area (Å²) in [5.74, 6) is -2.49. The van der Waals surface area contributed by atoms with Crippen molar-refractivity contribution in [3.8, 4) is 0 Å². The van der Waals surface area contributed by atoms with Crippen LogP contribution in [-0.4, -0.2) is 48.1 Å². The van der Waals surface area contributed by atoms with E-state index in [0.717, 1.165) is 6.07 Å². The molecule has 1 aliphatic heterocycles. The third kappa shape index (κ3) is 2.67. The first-order valence-corrected chi connectivity index (χ1v) is 6.91. The molecule has 0 aromatic carbocycles. The minimum absolute atomic E-state index is 0.0388. The Morgan fingerprint density at radius 1 is 1.50 bits per heavy atom. The lowest BCUT2D eigenvalue weighted by atomic mass is 10.2. The Kier molecular flexibility index (Phi) is 3.07. The Morgan fingerprint density at radius 3 is 2.72 bits per heavy atom. The van der Waals surface area contributed by atoms with Gasteiger partial charge in [0.15, 0.2) is 15.5 Å². The lowest BCUT2D eigenvalue weighted by Gasteiger charge is -2.08. The van der Waals surface area contributed by atoms with Crippen molar-refractivity contribution in [3.63, 3.8) is 0 Å². The fourth-order valence-electron chi connectivity index (χ4n) is 1.65. The summed E-state index contributed by atoms with van der Waals surface area (Å²) in [6.07, 6.45) is 0.345. The van der Waals surface area contributed by atoms with Gasteiger partial charge in [-0.05, 0) is 6.42 Å². The van der Waals surface area contributed by atoms with Crippen LogP contribution in [0.2, 0.25) is 0 Å². The molecule has 1 fully saturated rings. The van der Waals surface area contributed by atoms with Crippen molar-refractivity contribution in [2.75, 3.05) is 11.5 Å². The van der Waals surface area contributed by atoms with Crippen molar-refractivity contribution in [1.29, 1.82) is 0 Å². The van der Waals surface area contributed by atoms with Crippen LogP contribution in [0.5, 0.6) is 0 Å². The molecule has 2 heterocycles. The van der Waals surface area contributed by atoms with Crippen LogP contribution in [0.15, 0.2) is 10.6 Å². The lowest BCUT2D eigenvalue weighted by Crippen LogP contribution is -2.35. The Hall–Kier alpha value is -1.90. The molecule has 18 heavy (non-hydrogen) atoms. The zero-order chi connectivity index (χ0) is 13.3. The molecule has 2 rings (SSSR count). The third-order valence-corrected chi connectivity index (χ3v) is 4.29. The Bertz CT molecular complexity index is 590. The van der Waals surface area contributed by atoms with Crippen LogP contribution in [0, 0.1) is 0 Å². The summed E-state index contributed by atoms with van der Waals surface area (Å²) in [7, 11) is -3.08. The van der Waals surface area contributed by atoms with E-state index in [1.807, 2.05) is 0 Å². The van der Waals surface area contributed by atoms with E-state index in [1.165, 1.54) is 0 Å². The van der Waals surface area contributed by atoms with Crippen molar-refractivity contribution in [1.82, 2.24) is 10.5 Å². The van der Waals surface area contributed by atoms with E-state index in [2.05, 4.69) is 15.0 Å². The number of rotatable bonds is 3. The predicted molar refractivity (Wildman–Crippen MR) is 58.0 cm³/mol. The molecular weight excluding hydrogens is 264 g/mol. The van der Waals surface area contributed by atoms with E-state index in [0.29, 0.717) is 6.42 Å². The number of carboxylic acids is 1. The van der Waals surface area contributed by atoms with Gasteiger partial charge in [0.2, 0.25) is 5.76 Å². The number of hydrogen-bond donors (Lipinski definition) is 2. The number of carbonyl (C=O) groups excluding carboxylic acids is 1. The maximum atomic E-state index is 11.6. The topological polar surface area (TPSA) is 127 Å². The molecule has 98 valence electrons. The molecule has 1 atom stereocenters. The standard InChI is InChI=1S/C9H10N2O6S/c12-8(6-3-7(9(13)14)17-11-6)10-5-1-2-18(15,16)4-5/h3,5H,1-2,4H2,(H,10,12)(H,13,14). The van der Waals surface area contributed by atoms with Crippen molar-refractivity contribution < 1.29 is 27.6 Å². The summed E-state index contributed by atoms with van der Waals surface area (Å²) in [6, 6.07) is 0.522. The summed E-state index contributed by atoms with van der Waals surface area (Å²) in [4.78, 5) is 22.1. The third-order valence-electron chi connectivity index (χ3n) is 2.52. The first-order valence-electron chi connectivity index (χ1n) is 5.09. The molecule has 0 radical (unpaired) electrons. The summed E-state index contributed by atoms with van der Waals surface area (Å²) < 4.78 is 26.8. The van der Waals surface area contributed by atoms with Crippen LogP contribution in [0.1, 0.15) is 27.5 Å². The highest BCUT2D eigenvalue weighted by Crippen LogP contribution is 2.12. The van der Waals surface area contributed by atoms with E-state index in [9.17, 15) is 18.0 Å². The molecule has 1 amide bonds. The van der Waals surface area contributed by atoms with Crippen LogP contribution in [0.3, 0.4) is 0 Å². The number of aromatic nitrogens is 1. The van der Waals surface area contributed by atoms with Gasteiger partial charge in [0.25, 0.3) is 5.91 Å². The largest absolute Gasteiger partial charge is 0.475 e. The maximum absolute atomic E-state index is 11.6. The average Bonchev–Trinajstić information content (AvgIpc) is 2.85. The minimum Gasteiger partial charge on any atom is -0.475 e. The number of carboxylic acid groups (broad SMARTS) is 1. The monoisotopic (exact) mass is 274 g/mol. The average molecular weight is 274 g/mol. The second-order valence-corrected chi connectivity index (χ2v) is 6.18. The van der Waals surface area contributed by atoms with Crippen molar-refractivity contribution >= 4 is 21.7 Å². The number of aromatic carboxylic acids is 1. The van der Waals surface area contributed by atoms with Gasteiger partial charge >= 0.3 is 5.97 Å². The normalized spacial score (nSPS) is 21.7. The number of sulfone groups is 1. The van der Waals surface area contributed by atoms with E-state index in [1.54, 1.807) is 0 Å². The second-order valence-electron chi connectivity index (χ2n) is 3.95. The Balaban J connectivity index is 2.02. The predicted octanol–water partition coefficient (Wildman–Crippen LogP) is -0.710. The first kappa shape index (κ1) is 12.6. The summed E-state index contributed by atoms with van der Waals surface area (Å²) in [6.45, 7) is 0. The van der Waals surface area contributed by atoms with Gasteiger partial charge < -0.3 is 14.9 Å². The Morgan fingerprint density at radius 2 is 2.22 bits per heavy atom. The maximum Gasteiger partial charge on any atom is 0.374 e. The van der Waals surface area contributed by atoms with Gasteiger partial charge in [0, 0.05) is 12.1 Å². The van der Waals surface area contributed by atoms with E-state index < -0.39 is 33.5 Å². The van der Waals surface area contributed by atoms with E-state index >= 15 is 0 Å². The van der Waals surface area contributed by atoms with Gasteiger partial charge in [-0.15, -0.1) is 0 Å². The first-order chi connectivity index (χ1) is 8.37. The van der Waals surface area contributed by atoms with Crippen LogP contribution < -0.4 is 5.32 Å². The fraction of sp³-hybridized carbons (Fsp3) is 0.444. The molecular formula is C9H10N2O6S. The smallest absolute Gasteiger partial charge is 0.374 e. The molecule has 0 saturated carbocycles. The van der Waals surface area contributed by atoms with E-state index in [4.69, 9.17) is 5.11 Å². The highest BCUT2D eigenvalue weighted by atomic mass is 32.2. The number of nitrogens with one attached hydrogen (secondary N) is 1. The van der Waals surface area contributed by atoms with Gasteiger partial charge in [-0.1, -0.05) is 5.16 Å². The number of hydrogen-bond acceptors (Lipinski definition) is 6. The van der Waals surface area contributed by atoms with Crippen LogP contribution >= 0.6 is 0 Å². The van der Waals surface area contributed by atoms with E-state index in [-0.39, 0.29) is 17.2 Å². The number of carbonyl (C=O) groups is 2. The second kappa shape index (κ2) is 4.41. The van der Waals surface area contributed by atoms with Crippen molar-refractivity contribution in [3.05, 3.63) is 17.5 Å². The fourth-order valence-corrected chi connectivity index (χ4v) is 3.32. The van der Waals surface area contributed by atoms with Crippen LogP contribution in [-0.2, 0) is 9.84 Å². The molecule has 8 nitrogen and oxygen atoms in total. The molecule has 2 N–H and O–H groups in total. The SMILES string of the molecule is O=C(NC1CCS(=O)(=O)C1)c1cc(C(=O)O)on1. The molecule has 1 aliphatic rings. The summed E-state index contributed by atoms with van der Waals surface area (Å²) >= 11 is 0. The summed E-state index contributed by atoms with van der Waals surface area (Å²) in [5, 5.41) is 14.4.